The van der Waals surface area contributed by atoms with Crippen LogP contribution in [0.4, 0.5) is 4.39 Å². The number of ketones is 1. The van der Waals surface area contributed by atoms with Gasteiger partial charge in [0.25, 0.3) is 0 Å². The molecule has 0 aromatic heterocycles. The van der Waals surface area contributed by atoms with E-state index in [4.69, 9.17) is 6.42 Å². The van der Waals surface area contributed by atoms with E-state index in [1.165, 1.54) is 18.2 Å². The van der Waals surface area contributed by atoms with E-state index in [1.54, 1.807) is 0 Å². The van der Waals surface area contributed by atoms with Crippen LogP contribution in [0, 0.1) is 18.2 Å². The number of halogens is 2. The molecule has 0 atom stereocenters. The Labute approximate surface area is 77.7 Å². The minimum Gasteiger partial charge on any atom is -0.279 e. The van der Waals surface area contributed by atoms with Gasteiger partial charge in [-0.15, -0.1) is 6.42 Å². The number of hydrogen-bond acceptors (Lipinski definition) is 1. The number of terminal acetylenes is 1. The molecule has 0 spiro atoms. The SMILES string of the molecule is C#CC(=O)c1cccc(F)c1Br. The Hall–Kier alpha value is -1.14. The van der Waals surface area contributed by atoms with Gasteiger partial charge in [-0.25, -0.2) is 4.39 Å². The van der Waals surface area contributed by atoms with Crippen molar-refractivity contribution in [2.45, 2.75) is 0 Å². The van der Waals surface area contributed by atoms with Gasteiger partial charge < -0.3 is 0 Å². The molecule has 0 aliphatic heterocycles. The Morgan fingerprint density at radius 3 is 2.83 bits per heavy atom. The van der Waals surface area contributed by atoms with Crippen LogP contribution in [0.3, 0.4) is 0 Å². The number of rotatable bonds is 1. The van der Waals surface area contributed by atoms with Crippen molar-refractivity contribution in [3.8, 4) is 12.3 Å². The Morgan fingerprint density at radius 2 is 2.25 bits per heavy atom. The van der Waals surface area contributed by atoms with Gasteiger partial charge >= 0.3 is 0 Å². The predicted octanol–water partition coefficient (Wildman–Crippen LogP) is 2.40. The highest BCUT2D eigenvalue weighted by Gasteiger charge is 2.09. The predicted molar refractivity (Wildman–Crippen MR) is 47.3 cm³/mol. The van der Waals surface area contributed by atoms with Gasteiger partial charge in [0, 0.05) is 5.56 Å². The van der Waals surface area contributed by atoms with Crippen LogP contribution in [0.2, 0.25) is 0 Å². The number of carbonyl (C=O) groups is 1. The monoisotopic (exact) mass is 226 g/mol. The molecule has 60 valence electrons. The van der Waals surface area contributed by atoms with Crippen LogP contribution in [-0.4, -0.2) is 5.78 Å². The summed E-state index contributed by atoms with van der Waals surface area (Å²) in [4.78, 5) is 11.0. The highest BCUT2D eigenvalue weighted by atomic mass is 79.9. The van der Waals surface area contributed by atoms with E-state index < -0.39 is 11.6 Å². The second-order valence-electron chi connectivity index (χ2n) is 2.07. The number of carbonyl (C=O) groups excluding carboxylic acids is 1. The lowest BCUT2D eigenvalue weighted by Crippen LogP contribution is -1.97. The molecule has 0 bridgehead atoms. The lowest BCUT2D eigenvalue weighted by molar-refractivity contribution is 0.105. The summed E-state index contributed by atoms with van der Waals surface area (Å²) in [7, 11) is 0. The summed E-state index contributed by atoms with van der Waals surface area (Å²) in [5.74, 6) is 0.897. The fraction of sp³-hybridized carbons (Fsp3) is 0. The van der Waals surface area contributed by atoms with E-state index in [9.17, 15) is 9.18 Å². The zero-order chi connectivity index (χ0) is 9.14. The third-order valence-electron chi connectivity index (χ3n) is 1.33. The van der Waals surface area contributed by atoms with Gasteiger partial charge in [0.15, 0.2) is 0 Å². The summed E-state index contributed by atoms with van der Waals surface area (Å²) in [5, 5.41) is 0. The van der Waals surface area contributed by atoms with E-state index in [0.717, 1.165) is 0 Å². The molecule has 3 heteroatoms. The first-order valence-corrected chi connectivity index (χ1v) is 3.91. The van der Waals surface area contributed by atoms with Crippen molar-refractivity contribution in [1.82, 2.24) is 0 Å². The molecular formula is C9H4BrFO. The topological polar surface area (TPSA) is 17.1 Å². The number of benzene rings is 1. The number of Topliss-reactive ketones (excluding diaryl/α,β-unsaturated/α-hetero) is 1. The van der Waals surface area contributed by atoms with E-state index in [0.29, 0.717) is 0 Å². The van der Waals surface area contributed by atoms with Gasteiger partial charge in [0.2, 0.25) is 5.78 Å². The van der Waals surface area contributed by atoms with Gasteiger partial charge in [-0.2, -0.15) is 0 Å². The molecular weight excluding hydrogens is 223 g/mol. The second-order valence-corrected chi connectivity index (χ2v) is 2.87. The van der Waals surface area contributed by atoms with E-state index >= 15 is 0 Å². The van der Waals surface area contributed by atoms with Crippen molar-refractivity contribution in [1.29, 1.82) is 0 Å². The average Bonchev–Trinajstić information content (AvgIpc) is 2.08. The standard InChI is InChI=1S/C9H4BrFO/c1-2-8(12)6-4-3-5-7(11)9(6)10/h1,3-5H. The highest BCUT2D eigenvalue weighted by Crippen LogP contribution is 2.20. The number of hydrogen-bond donors (Lipinski definition) is 0. The molecule has 1 rings (SSSR count). The van der Waals surface area contributed by atoms with Crippen LogP contribution in [0.1, 0.15) is 10.4 Å². The zero-order valence-electron chi connectivity index (χ0n) is 5.97. The summed E-state index contributed by atoms with van der Waals surface area (Å²) in [5.41, 5.74) is 0.178. The van der Waals surface area contributed by atoms with Crippen molar-refractivity contribution in [2.75, 3.05) is 0 Å². The van der Waals surface area contributed by atoms with Crippen molar-refractivity contribution < 1.29 is 9.18 Å². The van der Waals surface area contributed by atoms with Crippen molar-refractivity contribution in [2.24, 2.45) is 0 Å². The maximum absolute atomic E-state index is 12.8. The van der Waals surface area contributed by atoms with Crippen LogP contribution in [0.5, 0.6) is 0 Å². The maximum Gasteiger partial charge on any atom is 0.236 e. The van der Waals surface area contributed by atoms with Crippen LogP contribution < -0.4 is 0 Å². The summed E-state index contributed by atoms with van der Waals surface area (Å²) >= 11 is 2.93. The molecule has 0 aliphatic carbocycles. The first-order valence-electron chi connectivity index (χ1n) is 3.11. The first-order chi connectivity index (χ1) is 5.66. The van der Waals surface area contributed by atoms with Gasteiger partial charge in [-0.3, -0.25) is 4.79 Å². The molecule has 0 heterocycles. The molecule has 0 amide bonds. The normalized spacial score (nSPS) is 9.08. The van der Waals surface area contributed by atoms with Gasteiger partial charge in [-0.05, 0) is 34.0 Å². The Balaban J connectivity index is 3.28. The molecule has 0 radical (unpaired) electrons. The third-order valence-corrected chi connectivity index (χ3v) is 2.13. The van der Waals surface area contributed by atoms with Gasteiger partial charge in [0.1, 0.15) is 5.82 Å². The summed E-state index contributed by atoms with van der Waals surface area (Å²) in [6.45, 7) is 0. The molecule has 1 nitrogen and oxygen atoms in total. The van der Waals surface area contributed by atoms with Crippen LogP contribution in [0.25, 0.3) is 0 Å². The van der Waals surface area contributed by atoms with Crippen LogP contribution in [-0.2, 0) is 0 Å². The molecule has 0 fully saturated rings. The quantitative estimate of drug-likeness (QED) is 0.409. The summed E-state index contributed by atoms with van der Waals surface area (Å²) in [6, 6.07) is 4.15. The smallest absolute Gasteiger partial charge is 0.236 e. The molecule has 0 saturated carbocycles. The minimum atomic E-state index is -0.527. The third kappa shape index (κ3) is 1.54. The van der Waals surface area contributed by atoms with E-state index in [1.807, 2.05) is 5.92 Å². The summed E-state index contributed by atoms with van der Waals surface area (Å²) < 4.78 is 12.9. The average molecular weight is 227 g/mol. The van der Waals surface area contributed by atoms with Crippen LogP contribution >= 0.6 is 15.9 Å². The van der Waals surface area contributed by atoms with Crippen LogP contribution in [0.15, 0.2) is 22.7 Å². The Bertz CT molecular complexity index is 365. The molecule has 0 N–H and O–H groups in total. The van der Waals surface area contributed by atoms with E-state index in [-0.39, 0.29) is 10.0 Å². The minimum absolute atomic E-state index is 0.118. The first kappa shape index (κ1) is 8.95. The lowest BCUT2D eigenvalue weighted by Gasteiger charge is -1.98. The molecule has 0 unspecified atom stereocenters. The van der Waals surface area contributed by atoms with Crippen molar-refractivity contribution >= 4 is 21.7 Å². The Kier molecular flexibility index (Phi) is 2.61. The summed E-state index contributed by atoms with van der Waals surface area (Å²) in [6.07, 6.45) is 4.88. The van der Waals surface area contributed by atoms with E-state index in [2.05, 4.69) is 15.9 Å². The van der Waals surface area contributed by atoms with Gasteiger partial charge in [-0.1, -0.05) is 6.07 Å². The van der Waals surface area contributed by atoms with Crippen molar-refractivity contribution in [3.63, 3.8) is 0 Å². The fourth-order valence-corrected chi connectivity index (χ4v) is 1.20. The molecule has 1 aromatic rings. The largest absolute Gasteiger partial charge is 0.279 e. The lowest BCUT2D eigenvalue weighted by atomic mass is 10.1. The van der Waals surface area contributed by atoms with Gasteiger partial charge in [0.05, 0.1) is 4.47 Å². The fourth-order valence-electron chi connectivity index (χ4n) is 0.757. The molecule has 0 saturated heterocycles. The Morgan fingerprint density at radius 1 is 1.58 bits per heavy atom. The maximum atomic E-state index is 12.8. The highest BCUT2D eigenvalue weighted by molar-refractivity contribution is 9.10. The van der Waals surface area contributed by atoms with Crippen molar-refractivity contribution in [3.05, 3.63) is 34.1 Å². The molecule has 1 aromatic carbocycles. The molecule has 0 aliphatic rings. The molecule has 12 heavy (non-hydrogen) atoms. The second kappa shape index (κ2) is 3.51. The zero-order valence-corrected chi connectivity index (χ0v) is 7.56.